The van der Waals surface area contributed by atoms with Crippen molar-refractivity contribution in [2.75, 3.05) is 0 Å². The molecule has 10 rings (SSSR count). The number of rotatable bonds is 5. The lowest BCUT2D eigenvalue weighted by atomic mass is 10.00. The van der Waals surface area contributed by atoms with Crippen LogP contribution in [0.15, 0.2) is 168 Å². The summed E-state index contributed by atoms with van der Waals surface area (Å²) in [7, 11) is 0. The van der Waals surface area contributed by atoms with Crippen LogP contribution in [0.4, 0.5) is 0 Å². The zero-order valence-corrected chi connectivity index (χ0v) is 27.6. The number of aromatic nitrogens is 3. The SMILES string of the molecule is c1ccc(-c2cccc(-c3nc(-c4ccccc4)nc(-c4cccc5oc6cc(-c7cccc8c7sc7ccccc78)ccc6c45)n3)c2)cc1. The zero-order valence-electron chi connectivity index (χ0n) is 26.7. The van der Waals surface area contributed by atoms with Gasteiger partial charge in [-0.3, -0.25) is 0 Å². The molecule has 5 heteroatoms. The third-order valence-electron chi connectivity index (χ3n) is 9.35. The number of thiophene rings is 1. The summed E-state index contributed by atoms with van der Waals surface area (Å²) in [4.78, 5) is 15.2. The number of furan rings is 1. The summed E-state index contributed by atoms with van der Waals surface area (Å²) in [5.74, 6) is 1.85. The summed E-state index contributed by atoms with van der Waals surface area (Å²) >= 11 is 1.84. The number of benzene rings is 7. The van der Waals surface area contributed by atoms with Crippen LogP contribution in [-0.4, -0.2) is 15.0 Å². The molecule has 234 valence electrons. The Morgan fingerprint density at radius 3 is 1.88 bits per heavy atom. The molecule has 3 aromatic heterocycles. The Morgan fingerprint density at radius 2 is 1.02 bits per heavy atom. The van der Waals surface area contributed by atoms with E-state index in [2.05, 4.69) is 115 Å². The fourth-order valence-electron chi connectivity index (χ4n) is 6.96. The largest absolute Gasteiger partial charge is 0.456 e. The summed E-state index contributed by atoms with van der Waals surface area (Å²) in [6, 6.07) is 56.7. The van der Waals surface area contributed by atoms with Gasteiger partial charge >= 0.3 is 0 Å². The van der Waals surface area contributed by atoms with E-state index >= 15 is 0 Å². The van der Waals surface area contributed by atoms with E-state index in [9.17, 15) is 0 Å². The molecule has 0 aliphatic carbocycles. The van der Waals surface area contributed by atoms with Gasteiger partial charge in [0.15, 0.2) is 17.5 Å². The van der Waals surface area contributed by atoms with E-state index in [1.807, 2.05) is 59.9 Å². The Morgan fingerprint density at radius 1 is 0.380 bits per heavy atom. The lowest BCUT2D eigenvalue weighted by Crippen LogP contribution is -2.00. The quantitative estimate of drug-likeness (QED) is 0.185. The van der Waals surface area contributed by atoms with Gasteiger partial charge in [0.05, 0.1) is 0 Å². The highest BCUT2D eigenvalue weighted by atomic mass is 32.1. The van der Waals surface area contributed by atoms with Gasteiger partial charge in [0.25, 0.3) is 0 Å². The summed E-state index contributed by atoms with van der Waals surface area (Å²) in [6.07, 6.45) is 0. The second-order valence-electron chi connectivity index (χ2n) is 12.4. The zero-order chi connectivity index (χ0) is 33.0. The first-order valence-electron chi connectivity index (χ1n) is 16.6. The second kappa shape index (κ2) is 11.6. The maximum absolute atomic E-state index is 6.57. The molecule has 0 N–H and O–H groups in total. The molecule has 0 amide bonds. The van der Waals surface area contributed by atoms with Crippen LogP contribution in [0.25, 0.3) is 98.5 Å². The van der Waals surface area contributed by atoms with Crippen LogP contribution < -0.4 is 0 Å². The van der Waals surface area contributed by atoms with Crippen molar-refractivity contribution in [3.05, 3.63) is 164 Å². The summed E-state index contributed by atoms with van der Waals surface area (Å²) in [5.41, 5.74) is 8.97. The van der Waals surface area contributed by atoms with Crippen molar-refractivity contribution in [2.45, 2.75) is 0 Å². The van der Waals surface area contributed by atoms with Crippen LogP contribution in [0, 0.1) is 0 Å². The van der Waals surface area contributed by atoms with Gasteiger partial charge in [-0.05, 0) is 52.6 Å². The Hall–Kier alpha value is -6.43. The summed E-state index contributed by atoms with van der Waals surface area (Å²) < 4.78 is 9.15. The lowest BCUT2D eigenvalue weighted by molar-refractivity contribution is 0.669. The van der Waals surface area contributed by atoms with Crippen LogP contribution in [0.5, 0.6) is 0 Å². The molecule has 50 heavy (non-hydrogen) atoms. The van der Waals surface area contributed by atoms with Gasteiger partial charge in [-0.15, -0.1) is 11.3 Å². The van der Waals surface area contributed by atoms with Crippen LogP contribution in [0.1, 0.15) is 0 Å². The van der Waals surface area contributed by atoms with Crippen molar-refractivity contribution in [2.24, 2.45) is 0 Å². The second-order valence-corrected chi connectivity index (χ2v) is 13.4. The molecule has 0 unspecified atom stereocenters. The van der Waals surface area contributed by atoms with Gasteiger partial charge in [-0.1, -0.05) is 133 Å². The Bertz CT molecular complexity index is 2870. The number of fused-ring (bicyclic) bond motifs is 6. The summed E-state index contributed by atoms with van der Waals surface area (Å²) in [6.45, 7) is 0. The van der Waals surface area contributed by atoms with Gasteiger partial charge in [0.1, 0.15) is 11.2 Å². The number of nitrogens with zero attached hydrogens (tertiary/aromatic N) is 3. The maximum Gasteiger partial charge on any atom is 0.164 e. The molecule has 10 aromatic rings. The number of hydrogen-bond acceptors (Lipinski definition) is 5. The van der Waals surface area contributed by atoms with Crippen molar-refractivity contribution in [1.82, 2.24) is 15.0 Å². The minimum atomic E-state index is 0.603. The molecule has 0 atom stereocenters. The lowest BCUT2D eigenvalue weighted by Gasteiger charge is -2.10. The van der Waals surface area contributed by atoms with E-state index in [1.165, 1.54) is 25.7 Å². The maximum atomic E-state index is 6.57. The molecular weight excluding hydrogens is 631 g/mol. The Balaban J connectivity index is 1.14. The molecule has 0 spiro atoms. The fourth-order valence-corrected chi connectivity index (χ4v) is 8.20. The molecule has 0 bridgehead atoms. The van der Waals surface area contributed by atoms with E-state index in [-0.39, 0.29) is 0 Å². The average molecular weight is 658 g/mol. The van der Waals surface area contributed by atoms with Gasteiger partial charge in [-0.2, -0.15) is 0 Å². The Labute approximate surface area is 292 Å². The molecule has 0 fully saturated rings. The van der Waals surface area contributed by atoms with Crippen LogP contribution in [-0.2, 0) is 0 Å². The molecule has 7 aromatic carbocycles. The van der Waals surface area contributed by atoms with Crippen LogP contribution >= 0.6 is 11.3 Å². The first-order valence-corrected chi connectivity index (χ1v) is 17.4. The first-order chi connectivity index (χ1) is 24.8. The standard InChI is InChI=1S/C45H27N3OS/c1-3-12-28(13-4-1)30-16-9-17-32(26-30)44-46-43(29-14-5-2-6-15-29)47-45(48-44)37-21-11-22-38-41(37)36-25-24-31(27-39(36)49-38)33-19-10-20-35-34-18-7-8-23-40(34)50-42(33)35/h1-27H. The number of hydrogen-bond donors (Lipinski definition) is 0. The summed E-state index contributed by atoms with van der Waals surface area (Å²) in [5, 5.41) is 4.59. The molecule has 0 radical (unpaired) electrons. The third-order valence-corrected chi connectivity index (χ3v) is 10.6. The van der Waals surface area contributed by atoms with Crippen LogP contribution in [0.3, 0.4) is 0 Å². The average Bonchev–Trinajstić information content (AvgIpc) is 3.77. The highest BCUT2D eigenvalue weighted by Gasteiger charge is 2.19. The Kier molecular flexibility index (Phi) is 6.64. The van der Waals surface area contributed by atoms with Gasteiger partial charge < -0.3 is 4.42 Å². The van der Waals surface area contributed by atoms with Crippen molar-refractivity contribution < 1.29 is 4.42 Å². The van der Waals surface area contributed by atoms with E-state index < -0.39 is 0 Å². The van der Waals surface area contributed by atoms with Crippen molar-refractivity contribution in [3.63, 3.8) is 0 Å². The van der Waals surface area contributed by atoms with E-state index in [0.717, 1.165) is 55.3 Å². The fraction of sp³-hybridized carbons (Fsp3) is 0. The molecule has 3 heterocycles. The van der Waals surface area contributed by atoms with E-state index in [4.69, 9.17) is 19.4 Å². The normalized spacial score (nSPS) is 11.6. The predicted octanol–water partition coefficient (Wildman–Crippen LogP) is 12.5. The highest BCUT2D eigenvalue weighted by molar-refractivity contribution is 7.26. The molecule has 0 aliphatic heterocycles. The highest BCUT2D eigenvalue weighted by Crippen LogP contribution is 2.42. The van der Waals surface area contributed by atoms with Gasteiger partial charge in [0, 0.05) is 47.6 Å². The minimum Gasteiger partial charge on any atom is -0.456 e. The molecular formula is C45H27N3OS. The van der Waals surface area contributed by atoms with E-state index in [1.54, 1.807) is 0 Å². The van der Waals surface area contributed by atoms with Crippen LogP contribution in [0.2, 0.25) is 0 Å². The first kappa shape index (κ1) is 28.6. The molecule has 4 nitrogen and oxygen atoms in total. The van der Waals surface area contributed by atoms with Crippen molar-refractivity contribution in [1.29, 1.82) is 0 Å². The molecule has 0 saturated carbocycles. The van der Waals surface area contributed by atoms with Crippen molar-refractivity contribution >= 4 is 53.4 Å². The minimum absolute atomic E-state index is 0.603. The molecule has 0 saturated heterocycles. The predicted molar refractivity (Wildman–Crippen MR) is 207 cm³/mol. The van der Waals surface area contributed by atoms with Gasteiger partial charge in [-0.25, -0.2) is 15.0 Å². The van der Waals surface area contributed by atoms with E-state index in [0.29, 0.717) is 17.5 Å². The molecule has 0 aliphatic rings. The van der Waals surface area contributed by atoms with Crippen molar-refractivity contribution in [3.8, 4) is 56.4 Å². The smallest absolute Gasteiger partial charge is 0.164 e. The monoisotopic (exact) mass is 657 g/mol. The third kappa shape index (κ3) is 4.79. The topological polar surface area (TPSA) is 51.8 Å². The van der Waals surface area contributed by atoms with Gasteiger partial charge in [0.2, 0.25) is 0 Å².